The summed E-state index contributed by atoms with van der Waals surface area (Å²) in [6.45, 7) is 9.36. The lowest BCUT2D eigenvalue weighted by Crippen LogP contribution is -2.48. The Hall–Kier alpha value is -0.370. The first kappa shape index (κ1) is 11.7. The Labute approximate surface area is 87.7 Å². The number of ketones is 1. The molecule has 0 spiro atoms. The van der Waals surface area contributed by atoms with E-state index in [2.05, 4.69) is 18.9 Å². The highest BCUT2D eigenvalue weighted by atomic mass is 16.1. The zero-order chi connectivity index (χ0) is 10.9. The van der Waals surface area contributed by atoms with Gasteiger partial charge >= 0.3 is 0 Å². The molecule has 1 fully saturated rings. The van der Waals surface area contributed by atoms with Crippen molar-refractivity contribution in [2.75, 3.05) is 13.6 Å². The maximum absolute atomic E-state index is 12.1. The van der Waals surface area contributed by atoms with Crippen LogP contribution >= 0.6 is 0 Å². The quantitative estimate of drug-likeness (QED) is 0.643. The summed E-state index contributed by atoms with van der Waals surface area (Å²) in [5.41, 5.74) is -0.198. The van der Waals surface area contributed by atoms with Crippen LogP contribution in [0.25, 0.3) is 0 Å². The van der Waals surface area contributed by atoms with E-state index in [9.17, 15) is 4.79 Å². The van der Waals surface area contributed by atoms with Gasteiger partial charge in [0, 0.05) is 5.41 Å². The minimum Gasteiger partial charge on any atom is -0.297 e. The van der Waals surface area contributed by atoms with E-state index in [0.717, 1.165) is 13.0 Å². The second-order valence-electron chi connectivity index (χ2n) is 5.74. The van der Waals surface area contributed by atoms with Crippen molar-refractivity contribution >= 4 is 5.78 Å². The summed E-state index contributed by atoms with van der Waals surface area (Å²) in [5, 5.41) is 0. The van der Waals surface area contributed by atoms with Crippen molar-refractivity contribution in [2.24, 2.45) is 11.3 Å². The van der Waals surface area contributed by atoms with E-state index < -0.39 is 0 Å². The van der Waals surface area contributed by atoms with Gasteiger partial charge in [0.05, 0.1) is 6.04 Å². The third kappa shape index (κ3) is 2.57. The number of likely N-dealkylation sites (N-methyl/N-ethyl adjacent to an activating group) is 1. The molecule has 82 valence electrons. The lowest BCUT2D eigenvalue weighted by Gasteiger charge is -2.37. The van der Waals surface area contributed by atoms with Crippen molar-refractivity contribution < 1.29 is 4.79 Å². The van der Waals surface area contributed by atoms with Crippen LogP contribution in [0, 0.1) is 11.3 Å². The smallest absolute Gasteiger partial charge is 0.155 e. The molecular formula is C12H23NO. The van der Waals surface area contributed by atoms with Gasteiger partial charge in [-0.15, -0.1) is 0 Å². The molecule has 0 N–H and O–H groups in total. The summed E-state index contributed by atoms with van der Waals surface area (Å²) in [6, 6.07) is 0.152. The predicted molar refractivity (Wildman–Crippen MR) is 59.3 cm³/mol. The third-order valence-corrected chi connectivity index (χ3v) is 3.17. The normalized spacial score (nSPS) is 30.4. The summed E-state index contributed by atoms with van der Waals surface area (Å²) in [4.78, 5) is 14.3. The molecule has 0 radical (unpaired) electrons. The molecule has 1 heterocycles. The molecular weight excluding hydrogens is 174 g/mol. The van der Waals surface area contributed by atoms with E-state index >= 15 is 0 Å². The summed E-state index contributed by atoms with van der Waals surface area (Å²) in [6.07, 6.45) is 2.26. The van der Waals surface area contributed by atoms with Crippen molar-refractivity contribution in [3.63, 3.8) is 0 Å². The first-order valence-electron chi connectivity index (χ1n) is 5.57. The number of nitrogens with zero attached hydrogens (tertiary/aromatic N) is 1. The molecule has 2 nitrogen and oxygen atoms in total. The molecule has 0 amide bonds. The van der Waals surface area contributed by atoms with Crippen LogP contribution in [-0.4, -0.2) is 30.3 Å². The van der Waals surface area contributed by atoms with Gasteiger partial charge in [0.2, 0.25) is 0 Å². The fourth-order valence-corrected chi connectivity index (χ4v) is 2.07. The number of rotatable bonds is 1. The van der Waals surface area contributed by atoms with Crippen LogP contribution in [0.15, 0.2) is 0 Å². The molecule has 0 unspecified atom stereocenters. The molecule has 1 aliphatic rings. The van der Waals surface area contributed by atoms with Crippen LogP contribution in [0.2, 0.25) is 0 Å². The average Bonchev–Trinajstić information content (AvgIpc) is 2.06. The third-order valence-electron chi connectivity index (χ3n) is 3.17. The van der Waals surface area contributed by atoms with Gasteiger partial charge in [-0.1, -0.05) is 27.7 Å². The van der Waals surface area contributed by atoms with E-state index in [4.69, 9.17) is 0 Å². The number of carbonyl (C=O) groups excluding carboxylic acids is 1. The Morgan fingerprint density at radius 2 is 1.93 bits per heavy atom. The van der Waals surface area contributed by atoms with Crippen molar-refractivity contribution in [3.8, 4) is 0 Å². The summed E-state index contributed by atoms with van der Waals surface area (Å²) in [7, 11) is 2.07. The summed E-state index contributed by atoms with van der Waals surface area (Å²) in [5.74, 6) is 1.09. The minimum atomic E-state index is -0.198. The average molecular weight is 197 g/mol. The monoisotopic (exact) mass is 197 g/mol. The highest BCUT2D eigenvalue weighted by Crippen LogP contribution is 2.27. The molecule has 0 aromatic heterocycles. The fraction of sp³-hybridized carbons (Fsp3) is 0.917. The van der Waals surface area contributed by atoms with Crippen LogP contribution < -0.4 is 0 Å². The Morgan fingerprint density at radius 3 is 2.43 bits per heavy atom. The second kappa shape index (κ2) is 4.01. The van der Waals surface area contributed by atoms with Crippen molar-refractivity contribution in [2.45, 2.75) is 46.6 Å². The van der Waals surface area contributed by atoms with E-state index in [1.807, 2.05) is 20.8 Å². The van der Waals surface area contributed by atoms with Gasteiger partial charge in [-0.3, -0.25) is 9.69 Å². The highest BCUT2D eigenvalue weighted by molar-refractivity contribution is 5.88. The van der Waals surface area contributed by atoms with Crippen LogP contribution in [0.5, 0.6) is 0 Å². The van der Waals surface area contributed by atoms with Crippen molar-refractivity contribution in [1.29, 1.82) is 0 Å². The van der Waals surface area contributed by atoms with Gasteiger partial charge in [0.25, 0.3) is 0 Å². The van der Waals surface area contributed by atoms with Gasteiger partial charge in [-0.25, -0.2) is 0 Å². The van der Waals surface area contributed by atoms with E-state index in [0.29, 0.717) is 11.7 Å². The molecule has 1 aliphatic heterocycles. The number of likely N-dealkylation sites (tertiary alicyclic amines) is 1. The van der Waals surface area contributed by atoms with Crippen LogP contribution in [-0.2, 0) is 4.79 Å². The zero-order valence-corrected chi connectivity index (χ0v) is 10.1. The maximum atomic E-state index is 12.1. The summed E-state index contributed by atoms with van der Waals surface area (Å²) >= 11 is 0. The lowest BCUT2D eigenvalue weighted by molar-refractivity contribution is -0.133. The zero-order valence-electron chi connectivity index (χ0n) is 10.1. The molecule has 0 aliphatic carbocycles. The Kier molecular flexibility index (Phi) is 3.36. The van der Waals surface area contributed by atoms with Gasteiger partial charge < -0.3 is 0 Å². The molecule has 0 aromatic carbocycles. The van der Waals surface area contributed by atoms with Crippen LogP contribution in [0.4, 0.5) is 0 Å². The van der Waals surface area contributed by atoms with Gasteiger partial charge in [0.1, 0.15) is 0 Å². The number of Topliss-reactive ketones (excluding diaryl/α,β-unsaturated/α-hetero) is 1. The SMILES string of the molecule is C[C@@H]1CCN(C)[C@@H](C(=O)C(C)(C)C)C1. The number of hydrogen-bond donors (Lipinski definition) is 0. The molecule has 14 heavy (non-hydrogen) atoms. The molecule has 1 saturated heterocycles. The van der Waals surface area contributed by atoms with Gasteiger partial charge in [-0.2, -0.15) is 0 Å². The van der Waals surface area contributed by atoms with Crippen LogP contribution in [0.3, 0.4) is 0 Å². The minimum absolute atomic E-state index is 0.152. The summed E-state index contributed by atoms with van der Waals surface area (Å²) < 4.78 is 0. The highest BCUT2D eigenvalue weighted by Gasteiger charge is 2.35. The van der Waals surface area contributed by atoms with Crippen LogP contribution in [0.1, 0.15) is 40.5 Å². The van der Waals surface area contributed by atoms with Crippen molar-refractivity contribution in [3.05, 3.63) is 0 Å². The first-order chi connectivity index (χ1) is 6.32. The Morgan fingerprint density at radius 1 is 1.36 bits per heavy atom. The first-order valence-corrected chi connectivity index (χ1v) is 5.57. The number of hydrogen-bond acceptors (Lipinski definition) is 2. The van der Waals surface area contributed by atoms with Crippen molar-refractivity contribution in [1.82, 2.24) is 4.90 Å². The lowest BCUT2D eigenvalue weighted by atomic mass is 9.80. The maximum Gasteiger partial charge on any atom is 0.155 e. The van der Waals surface area contributed by atoms with E-state index in [1.165, 1.54) is 6.42 Å². The Bertz CT molecular complexity index is 217. The molecule has 0 bridgehead atoms. The van der Waals surface area contributed by atoms with Gasteiger partial charge in [0.15, 0.2) is 5.78 Å². The molecule has 2 atom stereocenters. The van der Waals surface area contributed by atoms with E-state index in [-0.39, 0.29) is 11.5 Å². The molecule has 2 heteroatoms. The second-order valence-corrected chi connectivity index (χ2v) is 5.74. The standard InChI is InChI=1S/C12H23NO/c1-9-6-7-13(5)10(8-9)11(14)12(2,3)4/h9-10H,6-8H2,1-5H3/t9-,10-/m1/s1. The number of piperidine rings is 1. The largest absolute Gasteiger partial charge is 0.297 e. The topological polar surface area (TPSA) is 20.3 Å². The van der Waals surface area contributed by atoms with E-state index in [1.54, 1.807) is 0 Å². The number of carbonyl (C=O) groups is 1. The van der Waals surface area contributed by atoms with Gasteiger partial charge in [-0.05, 0) is 32.4 Å². The fourth-order valence-electron chi connectivity index (χ4n) is 2.07. The predicted octanol–water partition coefficient (Wildman–Crippen LogP) is 2.33. The molecule has 0 aromatic rings. The Balaban J connectivity index is 2.70. The molecule has 0 saturated carbocycles. The molecule has 1 rings (SSSR count).